The third-order valence-corrected chi connectivity index (χ3v) is 6.03. The smallest absolute Gasteiger partial charge is 0.210 e. The van der Waals surface area contributed by atoms with Crippen molar-refractivity contribution in [1.29, 1.82) is 0 Å². The molecule has 0 fully saturated rings. The Kier molecular flexibility index (Phi) is 4.67. The third kappa shape index (κ3) is 3.05. The molecule has 1 aliphatic heterocycles. The zero-order valence-electron chi connectivity index (χ0n) is 17.6. The number of ketones is 2. The van der Waals surface area contributed by atoms with E-state index in [1.807, 2.05) is 60.7 Å². The molecular weight excluding hydrogens is 382 g/mol. The van der Waals surface area contributed by atoms with Gasteiger partial charge in [-0.1, -0.05) is 84.9 Å². The summed E-state index contributed by atoms with van der Waals surface area (Å²) in [5.41, 5.74) is 4.85. The second kappa shape index (κ2) is 7.51. The Balaban J connectivity index is 1.81. The Bertz CT molecular complexity index is 1240. The summed E-state index contributed by atoms with van der Waals surface area (Å²) in [4.78, 5) is 29.6. The van der Waals surface area contributed by atoms with Crippen molar-refractivity contribution in [3.8, 4) is 0 Å². The van der Waals surface area contributed by atoms with Gasteiger partial charge in [0.2, 0.25) is 5.78 Å². The summed E-state index contributed by atoms with van der Waals surface area (Å²) in [6.07, 6.45) is 2.14. The van der Waals surface area contributed by atoms with E-state index in [4.69, 9.17) is 0 Å². The van der Waals surface area contributed by atoms with Crippen molar-refractivity contribution >= 4 is 17.1 Å². The van der Waals surface area contributed by atoms with E-state index in [-0.39, 0.29) is 23.7 Å². The number of carbonyl (C=O) groups is 2. The van der Waals surface area contributed by atoms with Crippen LogP contribution in [0.5, 0.6) is 0 Å². The van der Waals surface area contributed by atoms with Crippen LogP contribution in [0.4, 0.5) is 0 Å². The van der Waals surface area contributed by atoms with Gasteiger partial charge in [0.05, 0.1) is 17.3 Å². The molecule has 0 bridgehead atoms. The van der Waals surface area contributed by atoms with Crippen LogP contribution in [0, 0.1) is 0 Å². The highest BCUT2D eigenvalue weighted by atomic mass is 16.1. The van der Waals surface area contributed by atoms with E-state index in [0.717, 1.165) is 16.7 Å². The monoisotopic (exact) mass is 405 g/mol. The number of benzene rings is 3. The van der Waals surface area contributed by atoms with Gasteiger partial charge in [0.1, 0.15) is 0 Å². The molecular formula is C28H23NO2. The number of hydrogen-bond acceptors (Lipinski definition) is 3. The molecule has 5 rings (SSSR count). The first-order valence-corrected chi connectivity index (χ1v) is 10.6. The number of Topliss-reactive ketones (excluding diaryl/α,β-unsaturated/α-hetero) is 2. The van der Waals surface area contributed by atoms with Gasteiger partial charge >= 0.3 is 0 Å². The Hall–Kier alpha value is -3.72. The Morgan fingerprint density at radius 2 is 1.26 bits per heavy atom. The molecule has 0 radical (unpaired) electrons. The van der Waals surface area contributed by atoms with Gasteiger partial charge in [-0.2, -0.15) is 0 Å². The standard InChI is InChI=1S/C28H23NO2/c1-18(2)29-24(20-13-7-4-8-14-20)17-23(19-11-5-3-6-12-19)25-26(29)28(31)22-16-10-9-15-21(22)27(25)30/h3-18,24H,1-2H3. The predicted molar refractivity (Wildman–Crippen MR) is 123 cm³/mol. The van der Waals surface area contributed by atoms with E-state index in [0.29, 0.717) is 22.4 Å². The molecule has 3 aromatic rings. The number of fused-ring (bicyclic) bond motifs is 1. The fourth-order valence-corrected chi connectivity index (χ4v) is 4.66. The molecule has 1 unspecified atom stereocenters. The van der Waals surface area contributed by atoms with Crippen molar-refractivity contribution in [2.45, 2.75) is 25.9 Å². The molecule has 3 nitrogen and oxygen atoms in total. The Morgan fingerprint density at radius 3 is 1.87 bits per heavy atom. The average Bonchev–Trinajstić information content (AvgIpc) is 2.82. The highest BCUT2D eigenvalue weighted by molar-refractivity contribution is 6.32. The van der Waals surface area contributed by atoms with Crippen LogP contribution in [0.2, 0.25) is 0 Å². The molecule has 0 amide bonds. The van der Waals surface area contributed by atoms with E-state index in [1.165, 1.54) is 0 Å². The predicted octanol–water partition coefficient (Wildman–Crippen LogP) is 5.87. The molecule has 3 aromatic carbocycles. The van der Waals surface area contributed by atoms with Gasteiger partial charge in [-0.25, -0.2) is 0 Å². The fraction of sp³-hybridized carbons (Fsp3) is 0.143. The topological polar surface area (TPSA) is 37.4 Å². The fourth-order valence-electron chi connectivity index (χ4n) is 4.66. The van der Waals surface area contributed by atoms with Gasteiger partial charge in [0, 0.05) is 17.2 Å². The van der Waals surface area contributed by atoms with E-state index in [1.54, 1.807) is 12.1 Å². The molecule has 0 saturated carbocycles. The lowest BCUT2D eigenvalue weighted by atomic mass is 9.77. The number of rotatable bonds is 3. The first kappa shape index (κ1) is 19.3. The number of carbonyl (C=O) groups excluding carboxylic acids is 2. The molecule has 2 aliphatic rings. The quantitative estimate of drug-likeness (QED) is 0.547. The maximum Gasteiger partial charge on any atom is 0.210 e. The van der Waals surface area contributed by atoms with Crippen LogP contribution in [0.15, 0.2) is 102 Å². The molecule has 3 heteroatoms. The first-order chi connectivity index (χ1) is 15.1. The van der Waals surface area contributed by atoms with E-state index >= 15 is 0 Å². The molecule has 0 saturated heterocycles. The van der Waals surface area contributed by atoms with Crippen LogP contribution in [-0.2, 0) is 0 Å². The van der Waals surface area contributed by atoms with Crippen molar-refractivity contribution in [2.75, 3.05) is 0 Å². The normalized spacial score (nSPS) is 18.1. The average molecular weight is 405 g/mol. The first-order valence-electron chi connectivity index (χ1n) is 10.6. The summed E-state index contributed by atoms with van der Waals surface area (Å²) in [7, 11) is 0. The zero-order valence-corrected chi connectivity index (χ0v) is 17.6. The highest BCUT2D eigenvalue weighted by Gasteiger charge is 2.42. The number of nitrogens with zero attached hydrogens (tertiary/aromatic N) is 1. The zero-order chi connectivity index (χ0) is 21.5. The van der Waals surface area contributed by atoms with E-state index in [2.05, 4.69) is 37.0 Å². The maximum atomic E-state index is 13.8. The maximum absolute atomic E-state index is 13.8. The summed E-state index contributed by atoms with van der Waals surface area (Å²) in [5, 5.41) is 0. The minimum Gasteiger partial charge on any atom is -0.355 e. The largest absolute Gasteiger partial charge is 0.355 e. The van der Waals surface area contributed by atoms with E-state index in [9.17, 15) is 9.59 Å². The summed E-state index contributed by atoms with van der Waals surface area (Å²) in [6, 6.07) is 27.1. The SMILES string of the molecule is CC(C)N1C2=C(C(=O)c3ccccc3C2=O)C(c2ccccc2)=CC1c1ccccc1. The summed E-state index contributed by atoms with van der Waals surface area (Å²) in [5.74, 6) is -0.168. The van der Waals surface area contributed by atoms with Crippen LogP contribution in [-0.4, -0.2) is 22.5 Å². The van der Waals surface area contributed by atoms with Crippen LogP contribution in [0.3, 0.4) is 0 Å². The molecule has 31 heavy (non-hydrogen) atoms. The highest BCUT2D eigenvalue weighted by Crippen LogP contribution is 2.45. The molecule has 152 valence electrons. The van der Waals surface area contributed by atoms with Gasteiger partial charge < -0.3 is 4.90 Å². The van der Waals surface area contributed by atoms with Gasteiger partial charge in [-0.05, 0) is 36.6 Å². The summed E-state index contributed by atoms with van der Waals surface area (Å²) in [6.45, 7) is 4.14. The van der Waals surface area contributed by atoms with Crippen LogP contribution >= 0.6 is 0 Å². The van der Waals surface area contributed by atoms with Crippen LogP contribution < -0.4 is 0 Å². The van der Waals surface area contributed by atoms with Gasteiger partial charge in [-0.3, -0.25) is 9.59 Å². The molecule has 1 aliphatic carbocycles. The van der Waals surface area contributed by atoms with Crippen LogP contribution in [0.1, 0.15) is 51.7 Å². The Morgan fingerprint density at radius 1 is 0.710 bits per heavy atom. The lowest BCUT2D eigenvalue weighted by molar-refractivity contribution is 0.0915. The molecule has 1 atom stereocenters. The van der Waals surface area contributed by atoms with Crippen molar-refractivity contribution < 1.29 is 9.59 Å². The van der Waals surface area contributed by atoms with Crippen molar-refractivity contribution in [3.63, 3.8) is 0 Å². The third-order valence-electron chi connectivity index (χ3n) is 6.03. The van der Waals surface area contributed by atoms with Crippen LogP contribution in [0.25, 0.3) is 5.57 Å². The Labute approximate surface area is 182 Å². The van der Waals surface area contributed by atoms with Gasteiger partial charge in [0.15, 0.2) is 5.78 Å². The second-order valence-corrected chi connectivity index (χ2v) is 8.23. The van der Waals surface area contributed by atoms with E-state index < -0.39 is 0 Å². The van der Waals surface area contributed by atoms with Crippen molar-refractivity contribution in [1.82, 2.24) is 4.90 Å². The lowest BCUT2D eigenvalue weighted by Gasteiger charge is -2.43. The minimum absolute atomic E-state index is 0.0331. The second-order valence-electron chi connectivity index (χ2n) is 8.23. The lowest BCUT2D eigenvalue weighted by Crippen LogP contribution is -2.42. The number of hydrogen-bond donors (Lipinski definition) is 0. The number of allylic oxidation sites excluding steroid dienone is 3. The summed E-state index contributed by atoms with van der Waals surface area (Å²) >= 11 is 0. The van der Waals surface area contributed by atoms with Gasteiger partial charge in [0.25, 0.3) is 0 Å². The van der Waals surface area contributed by atoms with Crippen molar-refractivity contribution in [2.24, 2.45) is 0 Å². The minimum atomic E-state index is -0.142. The molecule has 0 N–H and O–H groups in total. The summed E-state index contributed by atoms with van der Waals surface area (Å²) < 4.78 is 0. The van der Waals surface area contributed by atoms with Gasteiger partial charge in [-0.15, -0.1) is 0 Å². The molecule has 0 aromatic heterocycles. The van der Waals surface area contributed by atoms with Crippen molar-refractivity contribution in [3.05, 3.63) is 125 Å². The molecule has 1 heterocycles. The molecule has 0 spiro atoms.